The SMILES string of the molecule is COc1ccc(S(=O)(=O)c2[nH]c3ccc(Cl)cc3c2C)cc1[N+]1([O-])CCN(C(=O)C(Cl)(Cl)Cl)CC1. The van der Waals surface area contributed by atoms with Crippen LogP contribution in [0.5, 0.6) is 5.75 Å². The van der Waals surface area contributed by atoms with Crippen LogP contribution in [-0.4, -0.2) is 61.3 Å². The number of hydrogen-bond acceptors (Lipinski definition) is 5. The molecule has 1 amide bonds. The molecule has 35 heavy (non-hydrogen) atoms. The van der Waals surface area contributed by atoms with Crippen molar-refractivity contribution in [2.45, 2.75) is 20.6 Å². The Balaban J connectivity index is 1.72. The summed E-state index contributed by atoms with van der Waals surface area (Å²) in [6, 6.07) is 9.24. The maximum atomic E-state index is 13.8. The van der Waals surface area contributed by atoms with Crippen LogP contribution in [0.25, 0.3) is 10.9 Å². The van der Waals surface area contributed by atoms with Crippen molar-refractivity contribution < 1.29 is 17.9 Å². The number of sulfone groups is 1. The van der Waals surface area contributed by atoms with Crippen LogP contribution < -0.4 is 9.38 Å². The molecule has 4 rings (SSSR count). The van der Waals surface area contributed by atoms with Crippen molar-refractivity contribution >= 4 is 78.7 Å². The van der Waals surface area contributed by atoms with Gasteiger partial charge in [-0.15, -0.1) is 0 Å². The average molecular weight is 581 g/mol. The summed E-state index contributed by atoms with van der Waals surface area (Å²) in [4.78, 5) is 16.5. The smallest absolute Gasteiger partial charge is 0.275 e. The van der Waals surface area contributed by atoms with Crippen LogP contribution in [-0.2, 0) is 14.6 Å². The van der Waals surface area contributed by atoms with Crippen molar-refractivity contribution in [3.8, 4) is 5.75 Å². The molecule has 0 radical (unpaired) electrons. The number of alkyl halides is 3. The van der Waals surface area contributed by atoms with Gasteiger partial charge in [0.1, 0.15) is 18.1 Å². The molecule has 2 heterocycles. The summed E-state index contributed by atoms with van der Waals surface area (Å²) in [5, 5.41) is 15.0. The van der Waals surface area contributed by atoms with Crippen molar-refractivity contribution in [2.24, 2.45) is 0 Å². The predicted molar refractivity (Wildman–Crippen MR) is 138 cm³/mol. The molecule has 1 aromatic heterocycles. The van der Waals surface area contributed by atoms with Crippen molar-refractivity contribution in [2.75, 3.05) is 33.3 Å². The van der Waals surface area contributed by atoms with E-state index in [2.05, 4.69) is 4.98 Å². The van der Waals surface area contributed by atoms with Crippen LogP contribution in [0.2, 0.25) is 5.02 Å². The molecular formula is C22H21Cl4N3O5S. The number of methoxy groups -OCH3 is 1. The molecular weight excluding hydrogens is 560 g/mol. The topological polar surface area (TPSA) is 103 Å². The molecule has 0 saturated carbocycles. The molecule has 13 heteroatoms. The lowest BCUT2D eigenvalue weighted by Crippen LogP contribution is -2.59. The number of aromatic nitrogens is 1. The Morgan fingerprint density at radius 3 is 2.40 bits per heavy atom. The predicted octanol–water partition coefficient (Wildman–Crippen LogP) is 4.99. The highest BCUT2D eigenvalue weighted by molar-refractivity contribution is 7.91. The summed E-state index contributed by atoms with van der Waals surface area (Å²) in [5.41, 5.74) is 1.28. The van der Waals surface area contributed by atoms with Crippen molar-refractivity contribution in [3.05, 3.63) is 52.2 Å². The molecule has 1 saturated heterocycles. The molecule has 8 nitrogen and oxygen atoms in total. The zero-order chi connectivity index (χ0) is 25.8. The highest BCUT2D eigenvalue weighted by Gasteiger charge is 2.40. The van der Waals surface area contributed by atoms with Gasteiger partial charge < -0.3 is 24.5 Å². The molecule has 188 valence electrons. The number of hydroxylamine groups is 2. The summed E-state index contributed by atoms with van der Waals surface area (Å²) in [6.45, 7) is 1.60. The van der Waals surface area contributed by atoms with Gasteiger partial charge in [0, 0.05) is 22.0 Å². The normalized spacial score (nSPS) is 16.5. The number of rotatable bonds is 4. The third kappa shape index (κ3) is 4.83. The minimum Gasteiger partial charge on any atom is -0.627 e. The van der Waals surface area contributed by atoms with Crippen molar-refractivity contribution in [1.29, 1.82) is 0 Å². The number of aromatic amines is 1. The van der Waals surface area contributed by atoms with Crippen molar-refractivity contribution in [1.82, 2.24) is 14.5 Å². The molecule has 0 unspecified atom stereocenters. The van der Waals surface area contributed by atoms with Gasteiger partial charge in [0.25, 0.3) is 9.70 Å². The zero-order valence-corrected chi connectivity index (χ0v) is 22.5. The van der Waals surface area contributed by atoms with Gasteiger partial charge in [-0.2, -0.15) is 0 Å². The Kier molecular flexibility index (Phi) is 7.00. The summed E-state index contributed by atoms with van der Waals surface area (Å²) in [7, 11) is -2.62. The molecule has 2 aromatic carbocycles. The molecule has 1 N–H and O–H groups in total. The summed E-state index contributed by atoms with van der Waals surface area (Å²) in [6.07, 6.45) is 0. The van der Waals surface area contributed by atoms with E-state index in [0.717, 1.165) is 0 Å². The van der Waals surface area contributed by atoms with Crippen LogP contribution in [0.4, 0.5) is 5.69 Å². The van der Waals surface area contributed by atoms with E-state index in [0.29, 0.717) is 21.5 Å². The number of nitrogens with zero attached hydrogens (tertiary/aromatic N) is 2. The number of fused-ring (bicyclic) bond motifs is 1. The molecule has 0 aliphatic carbocycles. The first-order valence-electron chi connectivity index (χ1n) is 10.4. The van der Waals surface area contributed by atoms with Gasteiger partial charge in [-0.3, -0.25) is 4.79 Å². The number of aryl methyl sites for hydroxylation is 1. The van der Waals surface area contributed by atoms with E-state index in [9.17, 15) is 18.4 Å². The van der Waals surface area contributed by atoms with Crippen LogP contribution in [0.1, 0.15) is 5.56 Å². The summed E-state index contributed by atoms with van der Waals surface area (Å²) in [5.74, 6) is -0.480. The Bertz CT molecular complexity index is 1410. The maximum Gasteiger partial charge on any atom is 0.275 e. The Morgan fingerprint density at radius 2 is 1.80 bits per heavy atom. The molecule has 1 aliphatic rings. The lowest BCUT2D eigenvalue weighted by molar-refractivity contribution is -0.131. The van der Waals surface area contributed by atoms with Crippen LogP contribution >= 0.6 is 46.4 Å². The van der Waals surface area contributed by atoms with Gasteiger partial charge in [-0.25, -0.2) is 8.42 Å². The number of benzene rings is 2. The third-order valence-electron chi connectivity index (χ3n) is 6.13. The second-order valence-electron chi connectivity index (χ2n) is 8.23. The fourth-order valence-electron chi connectivity index (χ4n) is 4.23. The van der Waals surface area contributed by atoms with E-state index in [1.54, 1.807) is 25.1 Å². The number of ether oxygens (including phenoxy) is 1. The van der Waals surface area contributed by atoms with E-state index < -0.39 is 24.2 Å². The monoisotopic (exact) mass is 579 g/mol. The zero-order valence-electron chi connectivity index (χ0n) is 18.6. The number of amides is 1. The molecule has 1 fully saturated rings. The fraction of sp³-hybridized carbons (Fsp3) is 0.318. The minimum atomic E-state index is -4.02. The van der Waals surface area contributed by atoms with Gasteiger partial charge in [-0.05, 0) is 42.8 Å². The highest BCUT2D eigenvalue weighted by Crippen LogP contribution is 2.39. The second kappa shape index (κ2) is 9.30. The second-order valence-corrected chi connectivity index (χ2v) is 12.8. The fourth-order valence-corrected chi connectivity index (χ4v) is 6.27. The van der Waals surface area contributed by atoms with Crippen LogP contribution in [0.15, 0.2) is 46.3 Å². The van der Waals surface area contributed by atoms with Gasteiger partial charge in [0.05, 0.1) is 25.1 Å². The lowest BCUT2D eigenvalue weighted by Gasteiger charge is -2.48. The molecule has 3 aromatic rings. The molecule has 1 aliphatic heterocycles. The van der Waals surface area contributed by atoms with Crippen molar-refractivity contribution in [3.63, 3.8) is 0 Å². The molecule has 0 spiro atoms. The summed E-state index contributed by atoms with van der Waals surface area (Å²) >= 11 is 23.2. The molecule has 0 atom stereocenters. The van der Waals surface area contributed by atoms with E-state index >= 15 is 0 Å². The van der Waals surface area contributed by atoms with E-state index in [4.69, 9.17) is 51.1 Å². The number of carbonyl (C=O) groups excluding carboxylic acids is 1. The number of hydrogen-bond donors (Lipinski definition) is 1. The first-order chi connectivity index (χ1) is 16.3. The van der Waals surface area contributed by atoms with E-state index in [1.165, 1.54) is 30.2 Å². The first kappa shape index (κ1) is 26.3. The van der Waals surface area contributed by atoms with Gasteiger partial charge in [0.15, 0.2) is 11.4 Å². The number of H-pyrrole nitrogens is 1. The average Bonchev–Trinajstić information content (AvgIpc) is 3.14. The Morgan fingerprint density at radius 1 is 1.14 bits per heavy atom. The number of quaternary nitrogens is 1. The van der Waals surface area contributed by atoms with E-state index in [1.807, 2.05) is 0 Å². The highest BCUT2D eigenvalue weighted by atomic mass is 35.6. The van der Waals surface area contributed by atoms with Crippen LogP contribution in [0.3, 0.4) is 0 Å². The van der Waals surface area contributed by atoms with Gasteiger partial charge >= 0.3 is 0 Å². The quantitative estimate of drug-likeness (QED) is 0.266. The standard InChI is InChI=1S/C22H21Cl4N3O5S/c1-13-16-11-14(23)3-5-17(16)27-20(13)35(32,33)15-4-6-19(34-2)18(12-15)29(31)9-7-28(8-10-29)21(30)22(24,25)26/h3-6,11-12,27H,7-10H2,1-2H3. The van der Waals surface area contributed by atoms with Gasteiger partial charge in [-0.1, -0.05) is 46.4 Å². The number of nitrogens with one attached hydrogen (secondary N) is 1. The number of carbonyl (C=O) groups is 1. The Hall–Kier alpha value is -1.72. The largest absolute Gasteiger partial charge is 0.627 e. The maximum absolute atomic E-state index is 13.8. The third-order valence-corrected chi connectivity index (χ3v) is 8.68. The van der Waals surface area contributed by atoms with E-state index in [-0.39, 0.29) is 47.5 Å². The Labute approximate surface area is 222 Å². The molecule has 0 bridgehead atoms. The minimum absolute atomic E-state index is 0.0152. The first-order valence-corrected chi connectivity index (χ1v) is 13.4. The van der Waals surface area contributed by atoms with Crippen LogP contribution in [0, 0.1) is 12.1 Å². The van der Waals surface area contributed by atoms with Gasteiger partial charge in [0.2, 0.25) is 9.84 Å². The number of piperazine rings is 1. The summed E-state index contributed by atoms with van der Waals surface area (Å²) < 4.78 is 29.5. The number of halogens is 4. The lowest BCUT2D eigenvalue weighted by atomic mass is 10.2.